The van der Waals surface area contributed by atoms with E-state index in [2.05, 4.69) is 6.92 Å². The summed E-state index contributed by atoms with van der Waals surface area (Å²) in [7, 11) is 1.80. The van der Waals surface area contributed by atoms with Crippen molar-refractivity contribution in [2.45, 2.75) is 32.7 Å². The molecule has 2 N–H and O–H groups in total. The van der Waals surface area contributed by atoms with E-state index in [4.69, 9.17) is 17.3 Å². The van der Waals surface area contributed by atoms with Gasteiger partial charge < -0.3 is 10.6 Å². The fourth-order valence-corrected chi connectivity index (χ4v) is 1.98. The van der Waals surface area contributed by atoms with Crippen LogP contribution in [0.3, 0.4) is 0 Å². The van der Waals surface area contributed by atoms with Crippen molar-refractivity contribution < 1.29 is 4.79 Å². The predicted molar refractivity (Wildman–Crippen MR) is 72.3 cm³/mol. The molecule has 1 unspecified atom stereocenters. The van der Waals surface area contributed by atoms with E-state index in [-0.39, 0.29) is 11.9 Å². The number of nitrogens with two attached hydrogens (primary N) is 1. The molecule has 17 heavy (non-hydrogen) atoms. The van der Waals surface area contributed by atoms with E-state index in [0.29, 0.717) is 16.3 Å². The van der Waals surface area contributed by atoms with Gasteiger partial charge in [-0.2, -0.15) is 0 Å². The van der Waals surface area contributed by atoms with E-state index < -0.39 is 0 Å². The van der Waals surface area contributed by atoms with Crippen molar-refractivity contribution in [2.24, 2.45) is 0 Å². The number of benzene rings is 1. The van der Waals surface area contributed by atoms with Crippen molar-refractivity contribution >= 4 is 23.2 Å². The number of hydrogen-bond donors (Lipinski definition) is 1. The maximum Gasteiger partial charge on any atom is 0.255 e. The molecule has 0 bridgehead atoms. The third kappa shape index (κ3) is 3.37. The quantitative estimate of drug-likeness (QED) is 0.839. The van der Waals surface area contributed by atoms with E-state index in [0.717, 1.165) is 12.8 Å². The first-order valence-corrected chi connectivity index (χ1v) is 6.17. The highest BCUT2D eigenvalue weighted by Gasteiger charge is 2.19. The van der Waals surface area contributed by atoms with Gasteiger partial charge >= 0.3 is 0 Å². The van der Waals surface area contributed by atoms with Crippen LogP contribution in [0.25, 0.3) is 0 Å². The number of nitrogens with zero attached hydrogens (tertiary/aromatic N) is 1. The van der Waals surface area contributed by atoms with Gasteiger partial charge in [0.05, 0.1) is 10.6 Å². The van der Waals surface area contributed by atoms with Crippen molar-refractivity contribution in [2.75, 3.05) is 12.8 Å². The van der Waals surface area contributed by atoms with Gasteiger partial charge in [-0.1, -0.05) is 24.9 Å². The monoisotopic (exact) mass is 254 g/mol. The lowest BCUT2D eigenvalue weighted by Crippen LogP contribution is -2.35. The largest absolute Gasteiger partial charge is 0.399 e. The number of anilines is 1. The topological polar surface area (TPSA) is 46.3 Å². The van der Waals surface area contributed by atoms with E-state index in [9.17, 15) is 4.79 Å². The molecular weight excluding hydrogens is 236 g/mol. The van der Waals surface area contributed by atoms with Gasteiger partial charge in [-0.05, 0) is 31.5 Å². The molecule has 1 aromatic carbocycles. The van der Waals surface area contributed by atoms with Crippen LogP contribution in [0.1, 0.15) is 37.0 Å². The van der Waals surface area contributed by atoms with Gasteiger partial charge in [-0.3, -0.25) is 4.79 Å². The molecule has 0 saturated carbocycles. The molecule has 0 aromatic heterocycles. The highest BCUT2D eigenvalue weighted by Crippen LogP contribution is 2.21. The number of halogens is 1. The number of carbonyl (C=O) groups excluding carboxylic acids is 1. The summed E-state index contributed by atoms with van der Waals surface area (Å²) in [4.78, 5) is 13.9. The molecule has 0 heterocycles. The van der Waals surface area contributed by atoms with Crippen LogP contribution >= 0.6 is 11.6 Å². The Morgan fingerprint density at radius 3 is 2.71 bits per heavy atom. The lowest BCUT2D eigenvalue weighted by molar-refractivity contribution is 0.0737. The molecule has 0 saturated heterocycles. The van der Waals surface area contributed by atoms with Crippen LogP contribution in [0.5, 0.6) is 0 Å². The fourth-order valence-electron chi connectivity index (χ4n) is 1.71. The molecule has 0 radical (unpaired) electrons. The summed E-state index contributed by atoms with van der Waals surface area (Å²) >= 11 is 6.02. The minimum absolute atomic E-state index is 0.0593. The van der Waals surface area contributed by atoms with Gasteiger partial charge in [0.2, 0.25) is 0 Å². The molecule has 0 spiro atoms. The molecule has 0 fully saturated rings. The van der Waals surface area contributed by atoms with Crippen molar-refractivity contribution in [3.63, 3.8) is 0 Å². The Hall–Kier alpha value is -1.22. The van der Waals surface area contributed by atoms with E-state index in [1.807, 2.05) is 6.92 Å². The first-order chi connectivity index (χ1) is 7.97. The molecule has 1 atom stereocenters. The molecule has 1 rings (SSSR count). The lowest BCUT2D eigenvalue weighted by atomic mass is 10.1. The lowest BCUT2D eigenvalue weighted by Gasteiger charge is -2.25. The highest BCUT2D eigenvalue weighted by atomic mass is 35.5. The first kappa shape index (κ1) is 13.8. The smallest absolute Gasteiger partial charge is 0.255 e. The van der Waals surface area contributed by atoms with Gasteiger partial charge in [0.1, 0.15) is 0 Å². The van der Waals surface area contributed by atoms with Gasteiger partial charge in [0, 0.05) is 18.8 Å². The Labute approximate surface area is 108 Å². The SMILES string of the molecule is CCCC(C)N(C)C(=O)c1ccc(N)cc1Cl. The van der Waals surface area contributed by atoms with Crippen molar-refractivity contribution in [1.29, 1.82) is 0 Å². The fraction of sp³-hybridized carbons (Fsp3) is 0.462. The number of carbonyl (C=O) groups is 1. The Morgan fingerprint density at radius 2 is 2.18 bits per heavy atom. The van der Waals surface area contributed by atoms with Gasteiger partial charge in [-0.15, -0.1) is 0 Å². The van der Waals surface area contributed by atoms with Gasteiger partial charge in [0.15, 0.2) is 0 Å². The molecule has 4 heteroatoms. The molecule has 3 nitrogen and oxygen atoms in total. The van der Waals surface area contributed by atoms with Crippen molar-refractivity contribution in [1.82, 2.24) is 4.90 Å². The Morgan fingerprint density at radius 1 is 1.53 bits per heavy atom. The summed E-state index contributed by atoms with van der Waals surface area (Å²) in [6, 6.07) is 5.18. The zero-order valence-corrected chi connectivity index (χ0v) is 11.3. The third-order valence-electron chi connectivity index (χ3n) is 2.91. The van der Waals surface area contributed by atoms with Crippen LogP contribution in [0.4, 0.5) is 5.69 Å². The van der Waals surface area contributed by atoms with E-state index in [1.54, 1.807) is 30.1 Å². The number of rotatable bonds is 4. The maximum absolute atomic E-state index is 12.2. The van der Waals surface area contributed by atoms with E-state index in [1.165, 1.54) is 0 Å². The van der Waals surface area contributed by atoms with Crippen LogP contribution in [-0.4, -0.2) is 23.9 Å². The second kappa shape index (κ2) is 5.92. The second-order valence-corrected chi connectivity index (χ2v) is 4.70. The zero-order chi connectivity index (χ0) is 13.0. The Balaban J connectivity index is 2.88. The summed E-state index contributed by atoms with van der Waals surface area (Å²) in [6.07, 6.45) is 2.03. The Bertz CT molecular complexity index is 406. The zero-order valence-electron chi connectivity index (χ0n) is 10.5. The highest BCUT2D eigenvalue weighted by molar-refractivity contribution is 6.34. The minimum Gasteiger partial charge on any atom is -0.399 e. The first-order valence-electron chi connectivity index (χ1n) is 5.79. The Kier molecular flexibility index (Phi) is 4.82. The average Bonchev–Trinajstić information content (AvgIpc) is 2.27. The van der Waals surface area contributed by atoms with Crippen LogP contribution in [0.15, 0.2) is 18.2 Å². The van der Waals surface area contributed by atoms with Crippen LogP contribution < -0.4 is 5.73 Å². The van der Waals surface area contributed by atoms with Gasteiger partial charge in [-0.25, -0.2) is 0 Å². The summed E-state index contributed by atoms with van der Waals surface area (Å²) in [5.41, 5.74) is 6.67. The predicted octanol–water partition coefficient (Wildman–Crippen LogP) is 3.18. The summed E-state index contributed by atoms with van der Waals surface area (Å²) in [5.74, 6) is -0.0593. The molecule has 0 aliphatic carbocycles. The van der Waals surface area contributed by atoms with Crippen LogP contribution in [0.2, 0.25) is 5.02 Å². The van der Waals surface area contributed by atoms with Crippen molar-refractivity contribution in [3.05, 3.63) is 28.8 Å². The summed E-state index contributed by atoms with van der Waals surface area (Å²) < 4.78 is 0. The van der Waals surface area contributed by atoms with Crippen LogP contribution in [0, 0.1) is 0 Å². The standard InChI is InChI=1S/C13H19ClN2O/c1-4-5-9(2)16(3)13(17)11-7-6-10(15)8-12(11)14/h6-9H,4-5,15H2,1-3H3. The molecule has 1 amide bonds. The molecular formula is C13H19ClN2O. The second-order valence-electron chi connectivity index (χ2n) is 4.29. The van der Waals surface area contributed by atoms with E-state index >= 15 is 0 Å². The van der Waals surface area contributed by atoms with Crippen LogP contribution in [-0.2, 0) is 0 Å². The summed E-state index contributed by atoms with van der Waals surface area (Å²) in [5, 5.41) is 0.408. The average molecular weight is 255 g/mol. The van der Waals surface area contributed by atoms with Gasteiger partial charge in [0.25, 0.3) is 5.91 Å². The number of amides is 1. The molecule has 0 aliphatic rings. The maximum atomic E-state index is 12.2. The molecule has 0 aliphatic heterocycles. The van der Waals surface area contributed by atoms with Crippen molar-refractivity contribution in [3.8, 4) is 0 Å². The normalized spacial score (nSPS) is 12.2. The third-order valence-corrected chi connectivity index (χ3v) is 3.22. The number of hydrogen-bond acceptors (Lipinski definition) is 2. The number of nitrogen functional groups attached to an aromatic ring is 1. The minimum atomic E-state index is -0.0593. The molecule has 1 aromatic rings. The molecule has 94 valence electrons. The summed E-state index contributed by atoms with van der Waals surface area (Å²) in [6.45, 7) is 4.14.